The first kappa shape index (κ1) is 14.6. The molecule has 0 unspecified atom stereocenters. The van der Waals surface area contributed by atoms with Crippen molar-refractivity contribution in [2.24, 2.45) is 0 Å². The number of halogens is 3. The molecule has 0 amide bonds. The molecule has 0 fully saturated rings. The Bertz CT molecular complexity index is 373. The monoisotopic (exact) mass is 265 g/mol. The summed E-state index contributed by atoms with van der Waals surface area (Å²) in [5.41, 5.74) is 0.410. The van der Waals surface area contributed by atoms with E-state index in [2.05, 4.69) is 10.1 Å². The van der Waals surface area contributed by atoms with Crippen LogP contribution < -0.4 is 10.1 Å². The topological polar surface area (TPSA) is 39.7 Å². The molecule has 0 aliphatic carbocycles. The summed E-state index contributed by atoms with van der Waals surface area (Å²) < 4.78 is 51.0. The molecule has 0 saturated carbocycles. The Balaban J connectivity index is 2.61. The van der Waals surface area contributed by atoms with Crippen molar-refractivity contribution >= 4 is 5.69 Å². The first-order valence-corrected chi connectivity index (χ1v) is 5.10. The van der Waals surface area contributed by atoms with Crippen molar-refractivity contribution < 1.29 is 27.4 Å². The molecule has 1 aromatic rings. The van der Waals surface area contributed by atoms with Gasteiger partial charge in [0.1, 0.15) is 0 Å². The highest BCUT2D eigenvalue weighted by molar-refractivity contribution is 5.47. The quantitative estimate of drug-likeness (QED) is 0.769. The Hall–Kier alpha value is -1.47. The number of benzene rings is 1. The van der Waals surface area contributed by atoms with Gasteiger partial charge in [-0.15, -0.1) is 0 Å². The maximum atomic E-state index is 13.3. The van der Waals surface area contributed by atoms with Crippen LogP contribution in [0.4, 0.5) is 18.9 Å². The van der Waals surface area contributed by atoms with E-state index < -0.39 is 24.5 Å². The standard InChI is InChI=1S/C11H14F3NO3/c1-16-10(17-2)6-15-7-3-4-9(8(12)5-7)18-11(13)14/h3-5,10-11,15H,6H2,1-2H3. The molecular formula is C11H14F3NO3. The van der Waals surface area contributed by atoms with Gasteiger partial charge in [0.15, 0.2) is 17.9 Å². The third-order valence-corrected chi connectivity index (χ3v) is 2.15. The van der Waals surface area contributed by atoms with Crippen molar-refractivity contribution in [2.75, 3.05) is 26.1 Å². The lowest BCUT2D eigenvalue weighted by atomic mass is 10.3. The second-order valence-electron chi connectivity index (χ2n) is 3.31. The van der Waals surface area contributed by atoms with Gasteiger partial charge in [-0.05, 0) is 12.1 Å². The molecule has 0 radical (unpaired) electrons. The SMILES string of the molecule is COC(CNc1ccc(OC(F)F)c(F)c1)OC. The summed E-state index contributed by atoms with van der Waals surface area (Å²) in [5.74, 6) is -1.36. The Labute approximate surface area is 103 Å². The molecule has 102 valence electrons. The summed E-state index contributed by atoms with van der Waals surface area (Å²) in [6.45, 7) is -2.76. The Morgan fingerprint density at radius 3 is 2.39 bits per heavy atom. The fourth-order valence-corrected chi connectivity index (χ4v) is 1.27. The number of hydrogen-bond acceptors (Lipinski definition) is 4. The molecule has 0 spiro atoms. The summed E-state index contributed by atoms with van der Waals surface area (Å²) in [4.78, 5) is 0. The zero-order chi connectivity index (χ0) is 13.5. The molecule has 7 heteroatoms. The van der Waals surface area contributed by atoms with Crippen LogP contribution in [-0.2, 0) is 9.47 Å². The van der Waals surface area contributed by atoms with E-state index in [-0.39, 0.29) is 0 Å². The molecule has 0 aliphatic rings. The van der Waals surface area contributed by atoms with Crippen molar-refractivity contribution in [1.82, 2.24) is 0 Å². The van der Waals surface area contributed by atoms with E-state index in [1.54, 1.807) is 0 Å². The van der Waals surface area contributed by atoms with Crippen molar-refractivity contribution in [3.8, 4) is 5.75 Å². The molecule has 0 bridgehead atoms. The third kappa shape index (κ3) is 4.42. The molecule has 1 aromatic carbocycles. The van der Waals surface area contributed by atoms with E-state index in [1.807, 2.05) is 0 Å². The second-order valence-corrected chi connectivity index (χ2v) is 3.31. The van der Waals surface area contributed by atoms with Gasteiger partial charge < -0.3 is 19.5 Å². The van der Waals surface area contributed by atoms with E-state index in [1.165, 1.54) is 20.3 Å². The minimum Gasteiger partial charge on any atom is -0.432 e. The smallest absolute Gasteiger partial charge is 0.387 e. The van der Waals surface area contributed by atoms with Gasteiger partial charge in [-0.2, -0.15) is 8.78 Å². The predicted octanol–water partition coefficient (Wildman–Crippen LogP) is 2.46. The zero-order valence-corrected chi connectivity index (χ0v) is 9.95. The molecule has 0 heterocycles. The number of anilines is 1. The van der Waals surface area contributed by atoms with Crippen LogP contribution in [0.25, 0.3) is 0 Å². The van der Waals surface area contributed by atoms with Gasteiger partial charge in [-0.3, -0.25) is 0 Å². The molecular weight excluding hydrogens is 251 g/mol. The van der Waals surface area contributed by atoms with Crippen LogP contribution in [0.1, 0.15) is 0 Å². The van der Waals surface area contributed by atoms with Gasteiger partial charge in [0.05, 0.1) is 6.54 Å². The lowest BCUT2D eigenvalue weighted by Gasteiger charge is -2.15. The number of ether oxygens (including phenoxy) is 3. The molecule has 0 aliphatic heterocycles. The average Bonchev–Trinajstić information content (AvgIpc) is 2.33. The van der Waals surface area contributed by atoms with Gasteiger partial charge >= 0.3 is 6.61 Å². The Kier molecular flexibility index (Phi) is 5.73. The van der Waals surface area contributed by atoms with E-state index >= 15 is 0 Å². The maximum Gasteiger partial charge on any atom is 0.387 e. The molecule has 0 saturated heterocycles. The van der Waals surface area contributed by atoms with Crippen molar-refractivity contribution in [3.05, 3.63) is 24.0 Å². The largest absolute Gasteiger partial charge is 0.432 e. The van der Waals surface area contributed by atoms with Gasteiger partial charge in [-0.25, -0.2) is 4.39 Å². The van der Waals surface area contributed by atoms with Crippen LogP contribution in [-0.4, -0.2) is 33.7 Å². The number of nitrogens with one attached hydrogen (secondary N) is 1. The van der Waals surface area contributed by atoms with Gasteiger partial charge in [0.2, 0.25) is 0 Å². The number of methoxy groups -OCH3 is 2. The highest BCUT2D eigenvalue weighted by Gasteiger charge is 2.11. The fourth-order valence-electron chi connectivity index (χ4n) is 1.27. The zero-order valence-electron chi connectivity index (χ0n) is 9.95. The average molecular weight is 265 g/mol. The van der Waals surface area contributed by atoms with Crippen molar-refractivity contribution in [1.29, 1.82) is 0 Å². The summed E-state index contributed by atoms with van der Waals surface area (Å²) >= 11 is 0. The number of rotatable bonds is 7. The normalized spacial score (nSPS) is 11.1. The Morgan fingerprint density at radius 2 is 1.89 bits per heavy atom. The molecule has 18 heavy (non-hydrogen) atoms. The van der Waals surface area contributed by atoms with Gasteiger partial charge in [0, 0.05) is 26.0 Å². The molecule has 1 N–H and O–H groups in total. The van der Waals surface area contributed by atoms with Gasteiger partial charge in [-0.1, -0.05) is 0 Å². The number of alkyl halides is 2. The summed E-state index contributed by atoms with van der Waals surface area (Å²) in [5, 5.41) is 2.83. The second kappa shape index (κ2) is 7.07. The van der Waals surface area contributed by atoms with E-state index in [0.29, 0.717) is 12.2 Å². The highest BCUT2D eigenvalue weighted by Crippen LogP contribution is 2.22. The van der Waals surface area contributed by atoms with Crippen LogP contribution in [0.15, 0.2) is 18.2 Å². The van der Waals surface area contributed by atoms with Crippen LogP contribution in [0, 0.1) is 5.82 Å². The van der Waals surface area contributed by atoms with Crippen LogP contribution in [0.3, 0.4) is 0 Å². The molecule has 0 atom stereocenters. The third-order valence-electron chi connectivity index (χ3n) is 2.15. The van der Waals surface area contributed by atoms with E-state index in [4.69, 9.17) is 9.47 Å². The van der Waals surface area contributed by atoms with Crippen LogP contribution in [0.5, 0.6) is 5.75 Å². The first-order chi connectivity index (χ1) is 8.56. The van der Waals surface area contributed by atoms with Crippen molar-refractivity contribution in [3.63, 3.8) is 0 Å². The maximum absolute atomic E-state index is 13.3. The molecule has 0 aromatic heterocycles. The summed E-state index contributed by atoms with van der Waals surface area (Å²) in [7, 11) is 2.94. The summed E-state index contributed by atoms with van der Waals surface area (Å²) in [6, 6.07) is 3.60. The number of hydrogen-bond donors (Lipinski definition) is 1. The van der Waals surface area contributed by atoms with E-state index in [9.17, 15) is 13.2 Å². The lowest BCUT2D eigenvalue weighted by Crippen LogP contribution is -2.23. The first-order valence-electron chi connectivity index (χ1n) is 5.10. The minimum absolute atomic E-state index is 0.293. The molecule has 4 nitrogen and oxygen atoms in total. The predicted molar refractivity (Wildman–Crippen MR) is 59.3 cm³/mol. The van der Waals surface area contributed by atoms with Crippen molar-refractivity contribution in [2.45, 2.75) is 12.9 Å². The fraction of sp³-hybridized carbons (Fsp3) is 0.455. The lowest BCUT2D eigenvalue weighted by molar-refractivity contribution is -0.0914. The summed E-state index contributed by atoms with van der Waals surface area (Å²) in [6.07, 6.45) is -0.481. The minimum atomic E-state index is -3.05. The van der Waals surface area contributed by atoms with Crippen LogP contribution >= 0.6 is 0 Å². The Morgan fingerprint density at radius 1 is 1.22 bits per heavy atom. The van der Waals surface area contributed by atoms with Crippen LogP contribution in [0.2, 0.25) is 0 Å². The van der Waals surface area contributed by atoms with Gasteiger partial charge in [0.25, 0.3) is 0 Å². The molecule has 1 rings (SSSR count). The van der Waals surface area contributed by atoms with E-state index in [0.717, 1.165) is 12.1 Å². The highest BCUT2D eigenvalue weighted by atomic mass is 19.3.